The van der Waals surface area contributed by atoms with Gasteiger partial charge in [-0.2, -0.15) is 0 Å². The lowest BCUT2D eigenvalue weighted by Gasteiger charge is -2.10. The summed E-state index contributed by atoms with van der Waals surface area (Å²) in [6, 6.07) is 4.26. The van der Waals surface area contributed by atoms with Crippen LogP contribution in [0.1, 0.15) is 18.5 Å². The van der Waals surface area contributed by atoms with Crippen molar-refractivity contribution >= 4 is 12.0 Å². The number of nitrogen functional groups attached to an aromatic ring is 1. The van der Waals surface area contributed by atoms with Crippen LogP contribution in [0.4, 0.5) is 12.0 Å². The molecule has 78 valence electrons. The molecule has 2 heterocycles. The summed E-state index contributed by atoms with van der Waals surface area (Å²) in [6.45, 7) is 1.98. The first-order valence-corrected chi connectivity index (χ1v) is 4.51. The van der Waals surface area contributed by atoms with Gasteiger partial charge in [-0.25, -0.2) is 0 Å². The first kappa shape index (κ1) is 9.45. The quantitative estimate of drug-likeness (QED) is 0.783. The molecule has 0 aliphatic heterocycles. The maximum Gasteiger partial charge on any atom is 0.317 e. The van der Waals surface area contributed by atoms with Crippen molar-refractivity contribution in [2.24, 2.45) is 0 Å². The fourth-order valence-corrected chi connectivity index (χ4v) is 1.21. The number of anilines is 2. The van der Waals surface area contributed by atoms with Gasteiger partial charge < -0.3 is 15.5 Å². The van der Waals surface area contributed by atoms with Gasteiger partial charge in [-0.15, -0.1) is 0 Å². The normalized spacial score (nSPS) is 12.3. The summed E-state index contributed by atoms with van der Waals surface area (Å²) in [5, 5.41) is 10.3. The Morgan fingerprint density at radius 1 is 1.33 bits per heavy atom. The minimum Gasteiger partial charge on any atom is -0.390 e. The van der Waals surface area contributed by atoms with E-state index in [1.165, 1.54) is 0 Å². The Morgan fingerprint density at radius 2 is 2.07 bits per heavy atom. The monoisotopic (exact) mass is 205 g/mol. The van der Waals surface area contributed by atoms with Gasteiger partial charge in [0.05, 0.1) is 6.04 Å². The molecule has 0 aliphatic carbocycles. The molecule has 6 heteroatoms. The van der Waals surface area contributed by atoms with Crippen LogP contribution in [-0.2, 0) is 0 Å². The zero-order valence-corrected chi connectivity index (χ0v) is 8.21. The first-order valence-electron chi connectivity index (χ1n) is 4.51. The highest BCUT2D eigenvalue weighted by Crippen LogP contribution is 2.17. The van der Waals surface area contributed by atoms with Gasteiger partial charge in [0.25, 0.3) is 0 Å². The summed E-state index contributed by atoms with van der Waals surface area (Å²) in [7, 11) is 0. The molecule has 0 saturated carbocycles. The first-order chi connectivity index (χ1) is 7.25. The van der Waals surface area contributed by atoms with Crippen molar-refractivity contribution in [2.45, 2.75) is 13.0 Å². The molecule has 3 N–H and O–H groups in total. The average molecular weight is 205 g/mol. The minimum atomic E-state index is 0.0550. The van der Waals surface area contributed by atoms with Crippen molar-refractivity contribution < 1.29 is 4.42 Å². The minimum absolute atomic E-state index is 0.0550. The van der Waals surface area contributed by atoms with E-state index in [9.17, 15) is 0 Å². The van der Waals surface area contributed by atoms with Crippen LogP contribution >= 0.6 is 0 Å². The molecule has 1 atom stereocenters. The Kier molecular flexibility index (Phi) is 2.49. The Morgan fingerprint density at radius 3 is 2.67 bits per heavy atom. The van der Waals surface area contributed by atoms with Crippen LogP contribution in [0.15, 0.2) is 28.9 Å². The maximum atomic E-state index is 5.30. The van der Waals surface area contributed by atoms with Crippen molar-refractivity contribution in [3.63, 3.8) is 0 Å². The maximum absolute atomic E-state index is 5.30. The van der Waals surface area contributed by atoms with Gasteiger partial charge in [0.15, 0.2) is 0 Å². The second-order valence-corrected chi connectivity index (χ2v) is 3.09. The van der Waals surface area contributed by atoms with Crippen LogP contribution in [0, 0.1) is 0 Å². The molecule has 6 nitrogen and oxygen atoms in total. The summed E-state index contributed by atoms with van der Waals surface area (Å²) in [5.41, 5.74) is 6.39. The van der Waals surface area contributed by atoms with E-state index in [-0.39, 0.29) is 12.1 Å². The topological polar surface area (TPSA) is 89.9 Å². The van der Waals surface area contributed by atoms with Crippen molar-refractivity contribution in [1.82, 2.24) is 15.2 Å². The standard InChI is InChI=1S/C9H11N5O/c1-6(7-2-4-11-5-3-7)12-9-14-13-8(10)15-9/h2-6H,1H3,(H2,10,13)(H,12,14). The van der Waals surface area contributed by atoms with Crippen molar-refractivity contribution in [2.75, 3.05) is 11.1 Å². The fraction of sp³-hybridized carbons (Fsp3) is 0.222. The van der Waals surface area contributed by atoms with Gasteiger partial charge in [-0.1, -0.05) is 10.2 Å². The molecule has 0 spiro atoms. The largest absolute Gasteiger partial charge is 0.390 e. The predicted octanol–water partition coefficient (Wildman–Crippen LogP) is 1.22. The molecule has 15 heavy (non-hydrogen) atoms. The third-order valence-corrected chi connectivity index (χ3v) is 1.99. The molecule has 0 bridgehead atoms. The van der Waals surface area contributed by atoms with Gasteiger partial charge >= 0.3 is 12.0 Å². The van der Waals surface area contributed by atoms with Crippen LogP contribution in [0.25, 0.3) is 0 Å². The zero-order valence-electron chi connectivity index (χ0n) is 8.21. The van der Waals surface area contributed by atoms with Crippen LogP contribution < -0.4 is 11.1 Å². The third-order valence-electron chi connectivity index (χ3n) is 1.99. The van der Waals surface area contributed by atoms with E-state index < -0.39 is 0 Å². The zero-order chi connectivity index (χ0) is 10.7. The summed E-state index contributed by atoms with van der Waals surface area (Å²) >= 11 is 0. The molecular weight excluding hydrogens is 194 g/mol. The lowest BCUT2D eigenvalue weighted by molar-refractivity contribution is 0.578. The average Bonchev–Trinajstić information content (AvgIpc) is 2.65. The molecule has 0 aliphatic rings. The van der Waals surface area contributed by atoms with E-state index in [0.717, 1.165) is 5.56 Å². The Hall–Kier alpha value is -2.11. The predicted molar refractivity (Wildman–Crippen MR) is 55.0 cm³/mol. The molecule has 2 aromatic rings. The lowest BCUT2D eigenvalue weighted by Crippen LogP contribution is -2.06. The molecule has 2 rings (SSSR count). The van der Waals surface area contributed by atoms with Gasteiger partial charge in [0.1, 0.15) is 0 Å². The Balaban J connectivity index is 2.07. The summed E-state index contributed by atoms with van der Waals surface area (Å²) in [6.07, 6.45) is 3.46. The van der Waals surface area contributed by atoms with Crippen molar-refractivity contribution in [1.29, 1.82) is 0 Å². The highest BCUT2D eigenvalue weighted by Gasteiger charge is 2.08. The number of hydrogen-bond acceptors (Lipinski definition) is 6. The van der Waals surface area contributed by atoms with Crippen LogP contribution in [0.2, 0.25) is 0 Å². The summed E-state index contributed by atoms with van der Waals surface area (Å²) in [4.78, 5) is 3.94. The molecular formula is C9H11N5O. The van der Waals surface area contributed by atoms with E-state index in [0.29, 0.717) is 6.01 Å². The van der Waals surface area contributed by atoms with E-state index in [2.05, 4.69) is 20.5 Å². The highest BCUT2D eigenvalue weighted by molar-refractivity contribution is 5.29. The lowest BCUT2D eigenvalue weighted by atomic mass is 10.1. The molecule has 0 saturated heterocycles. The van der Waals surface area contributed by atoms with Crippen LogP contribution in [-0.4, -0.2) is 15.2 Å². The van der Waals surface area contributed by atoms with E-state index in [4.69, 9.17) is 10.2 Å². The Bertz CT molecular complexity index is 427. The molecule has 0 radical (unpaired) electrons. The second kappa shape index (κ2) is 3.95. The number of hydrogen-bond donors (Lipinski definition) is 2. The number of nitrogens with one attached hydrogen (secondary N) is 1. The number of pyridine rings is 1. The van der Waals surface area contributed by atoms with Crippen molar-refractivity contribution in [3.8, 4) is 0 Å². The van der Waals surface area contributed by atoms with Gasteiger partial charge in [0, 0.05) is 12.4 Å². The number of rotatable bonds is 3. The van der Waals surface area contributed by atoms with Gasteiger partial charge in [0.2, 0.25) is 0 Å². The van der Waals surface area contributed by atoms with E-state index >= 15 is 0 Å². The van der Waals surface area contributed by atoms with Gasteiger partial charge in [-0.05, 0) is 24.6 Å². The molecule has 2 aromatic heterocycles. The third kappa shape index (κ3) is 2.22. The van der Waals surface area contributed by atoms with E-state index in [1.807, 2.05) is 19.1 Å². The second-order valence-electron chi connectivity index (χ2n) is 3.09. The number of nitrogens with two attached hydrogens (primary N) is 1. The fourth-order valence-electron chi connectivity index (χ4n) is 1.21. The molecule has 1 unspecified atom stereocenters. The van der Waals surface area contributed by atoms with Gasteiger partial charge in [-0.3, -0.25) is 4.98 Å². The smallest absolute Gasteiger partial charge is 0.317 e. The van der Waals surface area contributed by atoms with E-state index in [1.54, 1.807) is 12.4 Å². The summed E-state index contributed by atoms with van der Waals surface area (Å²) in [5.74, 6) is 0. The Labute approximate surface area is 86.5 Å². The number of nitrogens with zero attached hydrogens (tertiary/aromatic N) is 3. The summed E-state index contributed by atoms with van der Waals surface area (Å²) < 4.78 is 5.00. The van der Waals surface area contributed by atoms with Crippen LogP contribution in [0.5, 0.6) is 0 Å². The van der Waals surface area contributed by atoms with Crippen LogP contribution in [0.3, 0.4) is 0 Å². The number of aromatic nitrogens is 3. The molecule has 0 aromatic carbocycles. The van der Waals surface area contributed by atoms with Crippen molar-refractivity contribution in [3.05, 3.63) is 30.1 Å². The SMILES string of the molecule is CC(Nc1nnc(N)o1)c1ccncc1. The highest BCUT2D eigenvalue weighted by atomic mass is 16.4. The molecule has 0 fully saturated rings. The molecule has 0 amide bonds.